The van der Waals surface area contributed by atoms with Crippen molar-refractivity contribution in [3.8, 4) is 0 Å². The summed E-state index contributed by atoms with van der Waals surface area (Å²) in [5, 5.41) is 8.43. The summed E-state index contributed by atoms with van der Waals surface area (Å²) in [6.45, 7) is 2.94. The van der Waals surface area contributed by atoms with Gasteiger partial charge in [-0.05, 0) is 43.4 Å². The minimum atomic E-state index is -0.401. The molecule has 1 aromatic heterocycles. The highest BCUT2D eigenvalue weighted by molar-refractivity contribution is 5.94. The van der Waals surface area contributed by atoms with Gasteiger partial charge in [0.15, 0.2) is 0 Å². The fourth-order valence-corrected chi connectivity index (χ4v) is 3.09. The summed E-state index contributed by atoms with van der Waals surface area (Å²) in [5.41, 5.74) is 2.07. The molecule has 1 aliphatic heterocycles. The molecule has 25 heavy (non-hydrogen) atoms. The number of hydrogen-bond acceptors (Lipinski definition) is 4. The third-order valence-electron chi connectivity index (χ3n) is 4.70. The van der Waals surface area contributed by atoms with E-state index in [2.05, 4.69) is 10.3 Å². The maximum atomic E-state index is 13.4. The van der Waals surface area contributed by atoms with Gasteiger partial charge in [0.25, 0.3) is 5.91 Å². The summed E-state index contributed by atoms with van der Waals surface area (Å²) in [7, 11) is 0. The molecule has 0 atom stereocenters. The topological polar surface area (TPSA) is 60.2 Å². The number of aromatic nitrogens is 3. The highest BCUT2D eigenvalue weighted by Crippen LogP contribution is 2.29. The molecule has 0 unspecified atom stereocenters. The lowest BCUT2D eigenvalue weighted by Gasteiger charge is -2.20. The Bertz CT molecular complexity index is 772. The van der Waals surface area contributed by atoms with Crippen LogP contribution in [0.3, 0.4) is 0 Å². The SMILES string of the molecule is O=C(c1cccc(F)c1)N1CCCn2nnc(COCC3CC3)c2C1. The van der Waals surface area contributed by atoms with E-state index < -0.39 is 5.82 Å². The second-order valence-corrected chi connectivity index (χ2v) is 6.76. The molecule has 7 heteroatoms. The van der Waals surface area contributed by atoms with Crippen LogP contribution in [0.1, 0.15) is 41.0 Å². The number of fused-ring (bicyclic) bond motifs is 1. The lowest BCUT2D eigenvalue weighted by molar-refractivity contribution is 0.0741. The molecular weight excluding hydrogens is 323 g/mol. The number of halogens is 1. The molecule has 1 saturated carbocycles. The van der Waals surface area contributed by atoms with Crippen molar-refractivity contribution in [2.45, 2.75) is 39.0 Å². The van der Waals surface area contributed by atoms with Gasteiger partial charge < -0.3 is 9.64 Å². The first-order valence-corrected chi connectivity index (χ1v) is 8.74. The third kappa shape index (κ3) is 3.71. The summed E-state index contributed by atoms with van der Waals surface area (Å²) >= 11 is 0. The van der Waals surface area contributed by atoms with E-state index in [1.807, 2.05) is 4.68 Å². The fourth-order valence-electron chi connectivity index (χ4n) is 3.09. The van der Waals surface area contributed by atoms with Gasteiger partial charge in [0.1, 0.15) is 11.5 Å². The van der Waals surface area contributed by atoms with Crippen LogP contribution >= 0.6 is 0 Å². The summed E-state index contributed by atoms with van der Waals surface area (Å²) in [6.07, 6.45) is 3.28. The van der Waals surface area contributed by atoms with E-state index in [1.165, 1.54) is 25.0 Å². The molecule has 0 bridgehead atoms. The monoisotopic (exact) mass is 344 g/mol. The second kappa shape index (κ2) is 6.92. The highest BCUT2D eigenvalue weighted by Gasteiger charge is 2.25. The molecule has 2 heterocycles. The molecule has 1 aromatic carbocycles. The number of rotatable bonds is 5. The number of nitrogens with zero attached hydrogens (tertiary/aromatic N) is 4. The first kappa shape index (κ1) is 16.2. The molecule has 132 valence electrons. The predicted molar refractivity (Wildman–Crippen MR) is 88.2 cm³/mol. The van der Waals surface area contributed by atoms with Gasteiger partial charge in [-0.3, -0.25) is 4.79 Å². The van der Waals surface area contributed by atoms with E-state index in [0.29, 0.717) is 31.2 Å². The van der Waals surface area contributed by atoms with Gasteiger partial charge in [-0.25, -0.2) is 9.07 Å². The highest BCUT2D eigenvalue weighted by atomic mass is 19.1. The first-order valence-electron chi connectivity index (χ1n) is 8.74. The van der Waals surface area contributed by atoms with Crippen molar-refractivity contribution >= 4 is 5.91 Å². The lowest BCUT2D eigenvalue weighted by Crippen LogP contribution is -2.31. The smallest absolute Gasteiger partial charge is 0.254 e. The van der Waals surface area contributed by atoms with E-state index in [9.17, 15) is 9.18 Å². The Labute approximate surface area is 145 Å². The zero-order valence-electron chi connectivity index (χ0n) is 14.0. The van der Waals surface area contributed by atoms with Crippen molar-refractivity contribution in [3.63, 3.8) is 0 Å². The Hall–Kier alpha value is -2.28. The first-order chi connectivity index (χ1) is 12.2. The number of aryl methyl sites for hydroxylation is 1. The maximum absolute atomic E-state index is 13.4. The molecule has 0 N–H and O–H groups in total. The van der Waals surface area contributed by atoms with Crippen LogP contribution in [-0.2, 0) is 24.4 Å². The van der Waals surface area contributed by atoms with Crippen molar-refractivity contribution in [2.75, 3.05) is 13.2 Å². The number of amides is 1. The second-order valence-electron chi connectivity index (χ2n) is 6.76. The van der Waals surface area contributed by atoms with Gasteiger partial charge >= 0.3 is 0 Å². The van der Waals surface area contributed by atoms with Crippen molar-refractivity contribution < 1.29 is 13.9 Å². The summed E-state index contributed by atoms with van der Waals surface area (Å²) < 4.78 is 21.0. The van der Waals surface area contributed by atoms with E-state index >= 15 is 0 Å². The minimum Gasteiger partial charge on any atom is -0.375 e. The van der Waals surface area contributed by atoms with Crippen molar-refractivity contribution in [1.29, 1.82) is 0 Å². The molecule has 1 aliphatic carbocycles. The summed E-state index contributed by atoms with van der Waals surface area (Å²) in [6, 6.07) is 5.82. The summed E-state index contributed by atoms with van der Waals surface area (Å²) in [4.78, 5) is 14.5. The van der Waals surface area contributed by atoms with Crippen LogP contribution in [0, 0.1) is 11.7 Å². The van der Waals surface area contributed by atoms with E-state index in [0.717, 1.165) is 31.0 Å². The quantitative estimate of drug-likeness (QED) is 0.836. The third-order valence-corrected chi connectivity index (χ3v) is 4.70. The van der Waals surface area contributed by atoms with Crippen LogP contribution in [0.2, 0.25) is 0 Å². The molecule has 2 aliphatic rings. The average molecular weight is 344 g/mol. The van der Waals surface area contributed by atoms with Crippen LogP contribution in [-0.4, -0.2) is 39.0 Å². The number of carbonyl (C=O) groups excluding carboxylic acids is 1. The minimum absolute atomic E-state index is 0.168. The summed E-state index contributed by atoms with van der Waals surface area (Å²) in [5.74, 6) is 0.126. The standard InChI is InChI=1S/C18H21FN4O2/c19-15-4-1-3-14(9-15)18(24)22-7-2-8-23-17(10-22)16(20-21-23)12-25-11-13-5-6-13/h1,3-4,9,13H,2,5-8,10-12H2. The van der Waals surface area contributed by atoms with E-state index in [4.69, 9.17) is 4.74 Å². The Morgan fingerprint density at radius 2 is 2.20 bits per heavy atom. The number of benzene rings is 1. The lowest BCUT2D eigenvalue weighted by atomic mass is 10.2. The zero-order chi connectivity index (χ0) is 17.2. The molecule has 1 fully saturated rings. The van der Waals surface area contributed by atoms with Crippen molar-refractivity contribution in [2.24, 2.45) is 5.92 Å². The Morgan fingerprint density at radius 1 is 1.32 bits per heavy atom. The Balaban J connectivity index is 1.49. The van der Waals surface area contributed by atoms with Gasteiger partial charge in [-0.2, -0.15) is 0 Å². The van der Waals surface area contributed by atoms with Gasteiger partial charge in [0.05, 0.1) is 18.8 Å². The molecule has 4 rings (SSSR count). The molecule has 0 saturated heterocycles. The molecule has 6 nitrogen and oxygen atoms in total. The molecule has 0 radical (unpaired) electrons. The van der Waals surface area contributed by atoms with Gasteiger partial charge in [0, 0.05) is 25.3 Å². The van der Waals surface area contributed by atoms with Crippen LogP contribution in [0.15, 0.2) is 24.3 Å². The average Bonchev–Trinajstić information content (AvgIpc) is 3.39. The number of hydrogen-bond donors (Lipinski definition) is 0. The Kier molecular flexibility index (Phi) is 4.48. The van der Waals surface area contributed by atoms with Crippen LogP contribution in [0.4, 0.5) is 4.39 Å². The van der Waals surface area contributed by atoms with Crippen molar-refractivity contribution in [3.05, 3.63) is 47.0 Å². The molecular formula is C18H21FN4O2. The molecule has 0 spiro atoms. The zero-order valence-corrected chi connectivity index (χ0v) is 14.0. The maximum Gasteiger partial charge on any atom is 0.254 e. The van der Waals surface area contributed by atoms with E-state index in [-0.39, 0.29) is 5.91 Å². The number of carbonyl (C=O) groups is 1. The predicted octanol–water partition coefficient (Wildman–Crippen LogP) is 2.39. The fraction of sp³-hybridized carbons (Fsp3) is 0.500. The Morgan fingerprint density at radius 3 is 3.00 bits per heavy atom. The van der Waals surface area contributed by atoms with Crippen LogP contribution < -0.4 is 0 Å². The normalized spacial score (nSPS) is 17.2. The number of ether oxygens (including phenoxy) is 1. The van der Waals surface area contributed by atoms with Gasteiger partial charge in [-0.1, -0.05) is 11.3 Å². The molecule has 2 aromatic rings. The van der Waals surface area contributed by atoms with Gasteiger partial charge in [-0.15, -0.1) is 5.10 Å². The van der Waals surface area contributed by atoms with Crippen LogP contribution in [0.25, 0.3) is 0 Å². The largest absolute Gasteiger partial charge is 0.375 e. The van der Waals surface area contributed by atoms with Crippen molar-refractivity contribution in [1.82, 2.24) is 19.9 Å². The van der Waals surface area contributed by atoms with Gasteiger partial charge in [0.2, 0.25) is 0 Å². The van der Waals surface area contributed by atoms with E-state index in [1.54, 1.807) is 17.0 Å². The van der Waals surface area contributed by atoms with Crippen LogP contribution in [0.5, 0.6) is 0 Å². The molecule has 1 amide bonds.